The van der Waals surface area contributed by atoms with Gasteiger partial charge in [-0.25, -0.2) is 0 Å². The maximum Gasteiger partial charge on any atom is 0.238 e. The van der Waals surface area contributed by atoms with Crippen LogP contribution in [0.1, 0.15) is 25.8 Å². The Hall–Kier alpha value is -1.43. The number of morpholine rings is 1. The second-order valence-electron chi connectivity index (χ2n) is 5.58. The lowest BCUT2D eigenvalue weighted by molar-refractivity contribution is -0.121. The first-order chi connectivity index (χ1) is 10.1. The number of amides is 1. The topological polar surface area (TPSA) is 67.6 Å². The van der Waals surface area contributed by atoms with Gasteiger partial charge in [-0.1, -0.05) is 19.1 Å². The molecule has 0 bridgehead atoms. The summed E-state index contributed by atoms with van der Waals surface area (Å²) in [7, 11) is 0. The smallest absolute Gasteiger partial charge is 0.238 e. The molecule has 1 aliphatic rings. The van der Waals surface area contributed by atoms with Crippen molar-refractivity contribution < 1.29 is 9.53 Å². The van der Waals surface area contributed by atoms with Crippen molar-refractivity contribution in [3.63, 3.8) is 0 Å². The van der Waals surface area contributed by atoms with Crippen molar-refractivity contribution in [3.8, 4) is 0 Å². The molecular weight excluding hydrogens is 266 g/mol. The van der Waals surface area contributed by atoms with Gasteiger partial charge >= 0.3 is 0 Å². The molecule has 3 N–H and O–H groups in total. The lowest BCUT2D eigenvalue weighted by Crippen LogP contribution is -2.51. The zero-order valence-corrected chi connectivity index (χ0v) is 12.8. The lowest BCUT2D eigenvalue weighted by atomic mass is 10.1. The summed E-state index contributed by atoms with van der Waals surface area (Å²) in [6.45, 7) is 6.60. The predicted molar refractivity (Wildman–Crippen MR) is 84.0 cm³/mol. The Morgan fingerprint density at radius 2 is 2.14 bits per heavy atom. The van der Waals surface area contributed by atoms with E-state index in [1.807, 2.05) is 31.2 Å². The van der Waals surface area contributed by atoms with E-state index in [2.05, 4.69) is 17.1 Å². The molecule has 5 heteroatoms. The summed E-state index contributed by atoms with van der Waals surface area (Å²) < 4.78 is 5.65. The fourth-order valence-electron chi connectivity index (χ4n) is 2.59. The van der Waals surface area contributed by atoms with E-state index in [1.54, 1.807) is 0 Å². The molecule has 116 valence electrons. The van der Waals surface area contributed by atoms with Crippen LogP contribution in [0.25, 0.3) is 0 Å². The summed E-state index contributed by atoms with van der Waals surface area (Å²) in [5, 5.41) is 2.94. The minimum atomic E-state index is 0.0167. The van der Waals surface area contributed by atoms with Crippen molar-refractivity contribution in [3.05, 3.63) is 29.8 Å². The number of anilines is 1. The third-order valence-corrected chi connectivity index (χ3v) is 3.87. The monoisotopic (exact) mass is 291 g/mol. The van der Waals surface area contributed by atoms with Gasteiger partial charge in [0.15, 0.2) is 0 Å². The van der Waals surface area contributed by atoms with Gasteiger partial charge in [-0.05, 0) is 31.0 Å². The minimum absolute atomic E-state index is 0.0167. The van der Waals surface area contributed by atoms with Crippen LogP contribution in [0.4, 0.5) is 5.69 Å². The molecule has 0 radical (unpaired) electrons. The first-order valence-corrected chi connectivity index (χ1v) is 7.57. The van der Waals surface area contributed by atoms with Crippen LogP contribution in [0.5, 0.6) is 0 Å². The van der Waals surface area contributed by atoms with E-state index in [1.165, 1.54) is 0 Å². The third-order valence-electron chi connectivity index (χ3n) is 3.87. The molecule has 0 spiro atoms. The number of benzene rings is 1. The summed E-state index contributed by atoms with van der Waals surface area (Å²) >= 11 is 0. The Morgan fingerprint density at radius 3 is 2.76 bits per heavy atom. The Kier molecular flexibility index (Phi) is 5.73. The Balaban J connectivity index is 1.90. The summed E-state index contributed by atoms with van der Waals surface area (Å²) in [5.74, 6) is 0.0167. The largest absolute Gasteiger partial charge is 0.376 e. The number of carbonyl (C=O) groups excluding carboxylic acids is 1. The molecule has 1 fully saturated rings. The molecule has 0 saturated carbocycles. The summed E-state index contributed by atoms with van der Waals surface area (Å²) in [5.41, 5.74) is 7.43. The summed E-state index contributed by atoms with van der Waals surface area (Å²) in [4.78, 5) is 14.4. The average molecular weight is 291 g/mol. The van der Waals surface area contributed by atoms with Crippen LogP contribution in [0.3, 0.4) is 0 Å². The van der Waals surface area contributed by atoms with Crippen LogP contribution in [0, 0.1) is 0 Å². The summed E-state index contributed by atoms with van der Waals surface area (Å²) in [6.07, 6.45) is 1.18. The maximum atomic E-state index is 12.2. The second kappa shape index (κ2) is 7.54. The highest BCUT2D eigenvalue weighted by atomic mass is 16.5. The molecule has 0 aliphatic carbocycles. The van der Waals surface area contributed by atoms with Crippen LogP contribution in [-0.2, 0) is 16.1 Å². The van der Waals surface area contributed by atoms with E-state index < -0.39 is 0 Å². The highest BCUT2D eigenvalue weighted by Gasteiger charge is 2.26. The van der Waals surface area contributed by atoms with Gasteiger partial charge in [0.05, 0.1) is 19.3 Å². The molecule has 5 nitrogen and oxygen atoms in total. The van der Waals surface area contributed by atoms with Gasteiger partial charge in [-0.3, -0.25) is 9.69 Å². The van der Waals surface area contributed by atoms with Crippen LogP contribution < -0.4 is 11.1 Å². The minimum Gasteiger partial charge on any atom is -0.376 e. The van der Waals surface area contributed by atoms with Gasteiger partial charge in [-0.15, -0.1) is 0 Å². The number of nitrogens with one attached hydrogen (secondary N) is 1. The number of nitrogens with two attached hydrogens (primary N) is 1. The molecule has 21 heavy (non-hydrogen) atoms. The average Bonchev–Trinajstić information content (AvgIpc) is 2.48. The van der Waals surface area contributed by atoms with E-state index in [4.69, 9.17) is 10.5 Å². The highest BCUT2D eigenvalue weighted by molar-refractivity contribution is 5.92. The molecule has 1 aromatic rings. The maximum absolute atomic E-state index is 12.2. The molecule has 1 amide bonds. The van der Waals surface area contributed by atoms with Crippen LogP contribution in [0.15, 0.2) is 24.3 Å². The lowest BCUT2D eigenvalue weighted by Gasteiger charge is -2.37. The number of hydrogen-bond acceptors (Lipinski definition) is 4. The fraction of sp³-hybridized carbons (Fsp3) is 0.562. The molecule has 2 atom stereocenters. The van der Waals surface area contributed by atoms with E-state index in [0.29, 0.717) is 25.7 Å². The van der Waals surface area contributed by atoms with E-state index in [-0.39, 0.29) is 12.0 Å². The first-order valence-electron chi connectivity index (χ1n) is 7.57. The van der Waals surface area contributed by atoms with Gasteiger partial charge in [0.25, 0.3) is 0 Å². The Labute approximate surface area is 126 Å². The molecule has 0 aromatic heterocycles. The fourth-order valence-corrected chi connectivity index (χ4v) is 2.59. The van der Waals surface area contributed by atoms with E-state index >= 15 is 0 Å². The molecular formula is C16H25N3O2. The second-order valence-corrected chi connectivity index (χ2v) is 5.58. The molecule has 1 aliphatic heterocycles. The van der Waals surface area contributed by atoms with Crippen LogP contribution >= 0.6 is 0 Å². The quantitative estimate of drug-likeness (QED) is 0.864. The predicted octanol–water partition coefficient (Wildman–Crippen LogP) is 1.58. The van der Waals surface area contributed by atoms with Gasteiger partial charge in [0, 0.05) is 24.8 Å². The number of ether oxygens (including phenoxy) is 1. The summed E-state index contributed by atoms with van der Waals surface area (Å²) in [6, 6.07) is 7.97. The van der Waals surface area contributed by atoms with E-state index in [9.17, 15) is 4.79 Å². The standard InChI is InChI=1S/C16H25N3O2/c1-3-15-11-21-12(2)9-19(15)10-16(20)18-14-6-4-13(8-17)5-7-14/h4-7,12,15H,3,8-11,17H2,1-2H3,(H,18,20). The first kappa shape index (κ1) is 15.9. The van der Waals surface area contributed by atoms with Crippen LogP contribution in [0.2, 0.25) is 0 Å². The van der Waals surface area contributed by atoms with Crippen molar-refractivity contribution in [2.75, 3.05) is 25.0 Å². The van der Waals surface area contributed by atoms with Crippen molar-refractivity contribution in [1.29, 1.82) is 0 Å². The molecule has 1 aromatic carbocycles. The Bertz CT molecular complexity index is 461. The molecule has 1 heterocycles. The van der Waals surface area contributed by atoms with Gasteiger partial charge in [0.2, 0.25) is 5.91 Å². The number of rotatable bonds is 5. The number of hydrogen-bond donors (Lipinski definition) is 2. The number of nitrogens with zero attached hydrogens (tertiary/aromatic N) is 1. The van der Waals surface area contributed by atoms with Crippen molar-refractivity contribution in [2.45, 2.75) is 39.0 Å². The zero-order chi connectivity index (χ0) is 15.2. The zero-order valence-electron chi connectivity index (χ0n) is 12.8. The Morgan fingerprint density at radius 1 is 1.43 bits per heavy atom. The van der Waals surface area contributed by atoms with Gasteiger partial charge in [-0.2, -0.15) is 0 Å². The third kappa shape index (κ3) is 4.52. The van der Waals surface area contributed by atoms with Crippen molar-refractivity contribution in [2.24, 2.45) is 5.73 Å². The van der Waals surface area contributed by atoms with Gasteiger partial charge < -0.3 is 15.8 Å². The molecule has 2 rings (SSSR count). The van der Waals surface area contributed by atoms with Crippen molar-refractivity contribution in [1.82, 2.24) is 4.90 Å². The number of carbonyl (C=O) groups is 1. The normalized spacial score (nSPS) is 23.0. The van der Waals surface area contributed by atoms with Crippen molar-refractivity contribution >= 4 is 11.6 Å². The van der Waals surface area contributed by atoms with Gasteiger partial charge in [0.1, 0.15) is 0 Å². The molecule has 1 saturated heterocycles. The van der Waals surface area contributed by atoms with E-state index in [0.717, 1.165) is 24.2 Å². The molecule has 2 unspecified atom stereocenters. The SMILES string of the molecule is CCC1COC(C)CN1CC(=O)Nc1ccc(CN)cc1. The highest BCUT2D eigenvalue weighted by Crippen LogP contribution is 2.15. The van der Waals surface area contributed by atoms with Crippen LogP contribution in [-0.4, -0.2) is 42.6 Å².